The molecule has 1 aromatic carbocycles. The Labute approximate surface area is 130 Å². The lowest BCUT2D eigenvalue weighted by molar-refractivity contribution is -0.402. The molecule has 0 saturated heterocycles. The van der Waals surface area contributed by atoms with Crippen molar-refractivity contribution in [2.45, 2.75) is 0 Å². The highest BCUT2D eigenvalue weighted by molar-refractivity contribution is 6.06. The molecule has 0 radical (unpaired) electrons. The zero-order valence-corrected chi connectivity index (χ0v) is 11.9. The second-order valence-corrected chi connectivity index (χ2v) is 4.81. The summed E-state index contributed by atoms with van der Waals surface area (Å²) < 4.78 is 5.12. The van der Waals surface area contributed by atoms with Gasteiger partial charge < -0.3 is 10.2 Å². The average Bonchev–Trinajstić information content (AvgIpc) is 3.03. The molecule has 0 atom stereocenters. The van der Waals surface area contributed by atoms with Gasteiger partial charge in [-0.25, -0.2) is 4.98 Å². The molecule has 3 rings (SSSR count). The molecule has 2 N–H and O–H groups in total. The van der Waals surface area contributed by atoms with Crippen LogP contribution in [0.15, 0.2) is 53.5 Å². The topological polar surface area (TPSA) is 112 Å². The zero-order chi connectivity index (χ0) is 16.6. The zero-order valence-electron chi connectivity index (χ0n) is 11.9. The van der Waals surface area contributed by atoms with E-state index < -0.39 is 16.7 Å². The van der Waals surface area contributed by atoms with Crippen LogP contribution >= 0.6 is 0 Å². The van der Waals surface area contributed by atoms with Crippen molar-refractivity contribution in [3.05, 3.63) is 76.2 Å². The molecule has 0 saturated carbocycles. The van der Waals surface area contributed by atoms with Gasteiger partial charge >= 0.3 is 5.88 Å². The largest absolute Gasteiger partial charge is 0.433 e. The molecule has 0 fully saturated rings. The van der Waals surface area contributed by atoms with E-state index in [1.165, 1.54) is 18.2 Å². The molecule has 7 heteroatoms. The van der Waals surface area contributed by atoms with E-state index in [2.05, 4.69) is 11.6 Å². The van der Waals surface area contributed by atoms with Crippen molar-refractivity contribution in [2.24, 2.45) is 5.73 Å². The number of benzene rings is 1. The van der Waals surface area contributed by atoms with Crippen LogP contribution in [0, 0.1) is 10.1 Å². The Morgan fingerprint density at radius 2 is 2.00 bits per heavy atom. The Bertz CT molecular complexity index is 959. The van der Waals surface area contributed by atoms with Gasteiger partial charge in [0.15, 0.2) is 0 Å². The summed E-state index contributed by atoms with van der Waals surface area (Å²) >= 11 is 0. The number of primary amides is 1. The van der Waals surface area contributed by atoms with Gasteiger partial charge in [0.2, 0.25) is 5.91 Å². The summed E-state index contributed by atoms with van der Waals surface area (Å²) in [5.74, 6) is -0.782. The van der Waals surface area contributed by atoms with Gasteiger partial charge in [0, 0.05) is 11.0 Å². The first kappa shape index (κ1) is 14.5. The molecule has 2 aromatic heterocycles. The lowest BCUT2D eigenvalue weighted by Crippen LogP contribution is -2.12. The Hall–Kier alpha value is -3.48. The molecule has 1 amide bonds. The fraction of sp³-hybridized carbons (Fsp3) is 0. The Kier molecular flexibility index (Phi) is 3.38. The van der Waals surface area contributed by atoms with Crippen molar-refractivity contribution in [1.29, 1.82) is 0 Å². The number of amides is 1. The smallest absolute Gasteiger partial charge is 0.401 e. The first-order valence-corrected chi connectivity index (χ1v) is 6.61. The van der Waals surface area contributed by atoms with Crippen molar-refractivity contribution in [1.82, 2.24) is 4.98 Å². The molecule has 3 aromatic rings. The van der Waals surface area contributed by atoms with Gasteiger partial charge in [-0.3, -0.25) is 14.9 Å². The van der Waals surface area contributed by atoms with Crippen LogP contribution in [0.25, 0.3) is 16.5 Å². The summed E-state index contributed by atoms with van der Waals surface area (Å²) in [5, 5.41) is 11.3. The van der Waals surface area contributed by atoms with E-state index >= 15 is 0 Å². The molecule has 0 unspecified atom stereocenters. The van der Waals surface area contributed by atoms with Crippen molar-refractivity contribution < 1.29 is 14.1 Å². The minimum absolute atomic E-state index is 0.204. The molecular formula is C16H11N3O4. The van der Waals surface area contributed by atoms with Gasteiger partial charge in [0.25, 0.3) is 0 Å². The van der Waals surface area contributed by atoms with Crippen LogP contribution in [0.4, 0.5) is 5.88 Å². The molecule has 0 aliphatic heterocycles. The van der Waals surface area contributed by atoms with Gasteiger partial charge in [-0.2, -0.15) is 0 Å². The predicted molar refractivity (Wildman–Crippen MR) is 83.8 cm³/mol. The second kappa shape index (κ2) is 5.38. The molecule has 2 heterocycles. The minimum Gasteiger partial charge on any atom is -0.401 e. The maximum atomic E-state index is 11.7. The molecule has 0 aliphatic carbocycles. The van der Waals surface area contributed by atoms with Gasteiger partial charge in [-0.05, 0) is 18.2 Å². The fourth-order valence-corrected chi connectivity index (χ4v) is 2.25. The van der Waals surface area contributed by atoms with Crippen LogP contribution in [0.5, 0.6) is 0 Å². The van der Waals surface area contributed by atoms with E-state index in [0.29, 0.717) is 27.7 Å². The Morgan fingerprint density at radius 3 is 2.65 bits per heavy atom. The van der Waals surface area contributed by atoms with Crippen LogP contribution < -0.4 is 5.73 Å². The number of para-hydroxylation sites is 1. The minimum atomic E-state index is -0.639. The number of hydrogen-bond donors (Lipinski definition) is 1. The third-order valence-electron chi connectivity index (χ3n) is 3.36. The third-order valence-corrected chi connectivity index (χ3v) is 3.36. The number of nitro groups is 1. The molecule has 0 aliphatic rings. The summed E-state index contributed by atoms with van der Waals surface area (Å²) in [5.41, 5.74) is 6.98. The van der Waals surface area contributed by atoms with E-state index in [1.807, 2.05) is 0 Å². The molecule has 0 bridgehead atoms. The molecule has 23 heavy (non-hydrogen) atoms. The molecule has 114 valence electrons. The van der Waals surface area contributed by atoms with E-state index in [9.17, 15) is 14.9 Å². The highest BCUT2D eigenvalue weighted by atomic mass is 16.6. The number of rotatable bonds is 4. The quantitative estimate of drug-likeness (QED) is 0.588. The number of pyridine rings is 1. The van der Waals surface area contributed by atoms with Crippen molar-refractivity contribution in [3.63, 3.8) is 0 Å². The Morgan fingerprint density at radius 1 is 1.26 bits per heavy atom. The van der Waals surface area contributed by atoms with E-state index in [1.54, 1.807) is 24.3 Å². The number of nitrogens with two attached hydrogens (primary N) is 1. The van der Waals surface area contributed by atoms with E-state index in [4.69, 9.17) is 10.2 Å². The summed E-state index contributed by atoms with van der Waals surface area (Å²) in [7, 11) is 0. The van der Waals surface area contributed by atoms with Gasteiger partial charge in [-0.15, -0.1) is 0 Å². The van der Waals surface area contributed by atoms with Crippen LogP contribution in [0.1, 0.15) is 21.8 Å². The summed E-state index contributed by atoms with van der Waals surface area (Å²) in [6.45, 7) is 3.84. The number of carbonyl (C=O) groups excluding carboxylic acids is 1. The van der Waals surface area contributed by atoms with Crippen molar-refractivity contribution >= 4 is 28.3 Å². The highest BCUT2D eigenvalue weighted by Gasteiger charge is 2.17. The maximum absolute atomic E-state index is 11.7. The third kappa shape index (κ3) is 2.55. The van der Waals surface area contributed by atoms with Crippen LogP contribution in [0.3, 0.4) is 0 Å². The lowest BCUT2D eigenvalue weighted by Gasteiger charge is -2.08. The Balaban J connectivity index is 2.13. The highest BCUT2D eigenvalue weighted by Crippen LogP contribution is 2.28. The average molecular weight is 309 g/mol. The van der Waals surface area contributed by atoms with E-state index in [0.717, 1.165) is 0 Å². The maximum Gasteiger partial charge on any atom is 0.433 e. The number of nitrogens with zero attached hydrogens (tertiary/aromatic N) is 2. The van der Waals surface area contributed by atoms with Crippen molar-refractivity contribution in [3.8, 4) is 0 Å². The standard InChI is InChI=1S/C16H11N3O4/c1-9(14-6-7-15(23-14)19(21)22)13-8-11(16(17)20)10-4-2-3-5-12(10)18-13/h2-8H,1H2,(H2,17,20). The number of fused-ring (bicyclic) bond motifs is 1. The number of carbonyl (C=O) groups is 1. The number of furan rings is 1. The lowest BCUT2D eigenvalue weighted by atomic mass is 10.0. The van der Waals surface area contributed by atoms with Gasteiger partial charge in [0.05, 0.1) is 22.8 Å². The number of hydrogen-bond acceptors (Lipinski definition) is 5. The first-order valence-electron chi connectivity index (χ1n) is 6.61. The first-order chi connectivity index (χ1) is 11.0. The summed E-state index contributed by atoms with van der Waals surface area (Å²) in [6, 6.07) is 11.2. The normalized spacial score (nSPS) is 10.6. The van der Waals surface area contributed by atoms with Crippen molar-refractivity contribution in [2.75, 3.05) is 0 Å². The molecular weight excluding hydrogens is 298 g/mol. The second-order valence-electron chi connectivity index (χ2n) is 4.81. The fourth-order valence-electron chi connectivity index (χ4n) is 2.25. The summed E-state index contributed by atoms with van der Waals surface area (Å²) in [4.78, 5) is 26.1. The predicted octanol–water partition coefficient (Wildman–Crippen LogP) is 2.90. The SMILES string of the molecule is C=C(c1cc(C(N)=O)c2ccccc2n1)c1ccc([N+](=O)[O-])o1. The monoisotopic (exact) mass is 309 g/mol. The van der Waals surface area contributed by atoms with Crippen LogP contribution in [0.2, 0.25) is 0 Å². The molecule has 7 nitrogen and oxygen atoms in total. The van der Waals surface area contributed by atoms with Gasteiger partial charge in [0.1, 0.15) is 10.7 Å². The number of aromatic nitrogens is 1. The van der Waals surface area contributed by atoms with Crippen LogP contribution in [-0.4, -0.2) is 15.8 Å². The van der Waals surface area contributed by atoms with Crippen LogP contribution in [-0.2, 0) is 0 Å². The molecule has 0 spiro atoms. The van der Waals surface area contributed by atoms with Gasteiger partial charge in [-0.1, -0.05) is 24.8 Å². The van der Waals surface area contributed by atoms with E-state index in [-0.39, 0.29) is 5.76 Å². The summed E-state index contributed by atoms with van der Waals surface area (Å²) in [6.07, 6.45) is 0.